The fourth-order valence-corrected chi connectivity index (χ4v) is 2.68. The molecule has 1 heterocycles. The third-order valence-corrected chi connectivity index (χ3v) is 3.80. The Hall–Kier alpha value is -1.06. The van der Waals surface area contributed by atoms with Gasteiger partial charge in [0.2, 0.25) is 0 Å². The summed E-state index contributed by atoms with van der Waals surface area (Å²) in [6.07, 6.45) is 2.24. The molecule has 2 rings (SSSR count). The van der Waals surface area contributed by atoms with Crippen molar-refractivity contribution < 1.29 is 9.84 Å². The van der Waals surface area contributed by atoms with Gasteiger partial charge < -0.3 is 9.84 Å². The Bertz CT molecular complexity index is 388. The van der Waals surface area contributed by atoms with E-state index in [1.165, 1.54) is 5.56 Å². The van der Waals surface area contributed by atoms with Gasteiger partial charge in [0.1, 0.15) is 5.75 Å². The van der Waals surface area contributed by atoms with E-state index in [1.807, 2.05) is 13.8 Å². The highest BCUT2D eigenvalue weighted by molar-refractivity contribution is 5.42. The molecule has 1 fully saturated rings. The van der Waals surface area contributed by atoms with Crippen LogP contribution in [0, 0.1) is 13.8 Å². The second-order valence-electron chi connectivity index (χ2n) is 5.34. The third kappa shape index (κ3) is 3.03. The molecule has 0 aromatic heterocycles. The Kier molecular flexibility index (Phi) is 4.25. The topological polar surface area (TPSA) is 32.7 Å². The summed E-state index contributed by atoms with van der Waals surface area (Å²) < 4.78 is 5.39. The Labute approximate surface area is 109 Å². The number of nitrogens with zero attached hydrogens (tertiary/aromatic N) is 1. The van der Waals surface area contributed by atoms with E-state index < -0.39 is 0 Å². The average Bonchev–Trinajstić information content (AvgIpc) is 2.37. The van der Waals surface area contributed by atoms with Crippen LogP contribution in [0.1, 0.15) is 29.5 Å². The molecule has 0 radical (unpaired) electrons. The second kappa shape index (κ2) is 5.72. The molecule has 1 saturated heterocycles. The van der Waals surface area contributed by atoms with Crippen LogP contribution in [0.5, 0.6) is 5.75 Å². The molecule has 1 aromatic carbocycles. The number of rotatable bonds is 3. The molecule has 3 heteroatoms. The first-order chi connectivity index (χ1) is 8.58. The number of phenols is 1. The lowest BCUT2D eigenvalue weighted by Crippen LogP contribution is -2.36. The molecule has 0 saturated carbocycles. The summed E-state index contributed by atoms with van der Waals surface area (Å²) in [5.41, 5.74) is 3.20. The molecular formula is C15H23NO2. The van der Waals surface area contributed by atoms with Crippen LogP contribution in [0.15, 0.2) is 12.1 Å². The molecule has 1 N–H and O–H groups in total. The molecule has 1 aliphatic heterocycles. The number of aromatic hydroxyl groups is 1. The quantitative estimate of drug-likeness (QED) is 0.894. The zero-order valence-electron chi connectivity index (χ0n) is 11.6. The van der Waals surface area contributed by atoms with Crippen LogP contribution in [0.25, 0.3) is 0 Å². The van der Waals surface area contributed by atoms with Gasteiger partial charge in [-0.15, -0.1) is 0 Å². The van der Waals surface area contributed by atoms with Gasteiger partial charge in [-0.2, -0.15) is 0 Å². The Morgan fingerprint density at radius 1 is 1.22 bits per heavy atom. The molecule has 0 bridgehead atoms. The van der Waals surface area contributed by atoms with Gasteiger partial charge in [0, 0.05) is 25.8 Å². The maximum Gasteiger partial charge on any atom is 0.121 e. The molecule has 3 nitrogen and oxygen atoms in total. The molecule has 0 spiro atoms. The second-order valence-corrected chi connectivity index (χ2v) is 5.34. The number of aryl methyl sites for hydroxylation is 2. The molecule has 18 heavy (non-hydrogen) atoms. The van der Waals surface area contributed by atoms with Gasteiger partial charge in [-0.05, 0) is 50.4 Å². The summed E-state index contributed by atoms with van der Waals surface area (Å²) in [4.78, 5) is 2.40. The lowest BCUT2D eigenvalue weighted by molar-refractivity contribution is 0.0407. The number of phenolic OH excluding ortho intramolecular Hbond substituents is 1. The maximum atomic E-state index is 9.78. The first-order valence-electron chi connectivity index (χ1n) is 6.65. The van der Waals surface area contributed by atoms with Gasteiger partial charge >= 0.3 is 0 Å². The number of hydrogen-bond donors (Lipinski definition) is 1. The van der Waals surface area contributed by atoms with Gasteiger partial charge in [0.15, 0.2) is 0 Å². The predicted molar refractivity (Wildman–Crippen MR) is 72.9 cm³/mol. The van der Waals surface area contributed by atoms with E-state index in [-0.39, 0.29) is 0 Å². The fourth-order valence-electron chi connectivity index (χ4n) is 2.68. The van der Waals surface area contributed by atoms with Crippen molar-refractivity contribution in [3.63, 3.8) is 0 Å². The lowest BCUT2D eigenvalue weighted by Gasteiger charge is -2.31. The van der Waals surface area contributed by atoms with Crippen molar-refractivity contribution in [1.82, 2.24) is 4.90 Å². The summed E-state index contributed by atoms with van der Waals surface area (Å²) in [5.74, 6) is 0.424. The summed E-state index contributed by atoms with van der Waals surface area (Å²) in [7, 11) is 2.17. The van der Waals surface area contributed by atoms with Crippen LogP contribution in [0.4, 0.5) is 0 Å². The minimum absolute atomic E-state index is 0.424. The largest absolute Gasteiger partial charge is 0.507 e. The number of ether oxygens (including phenoxy) is 1. The zero-order valence-corrected chi connectivity index (χ0v) is 11.6. The molecule has 0 aliphatic carbocycles. The van der Waals surface area contributed by atoms with Crippen LogP contribution >= 0.6 is 0 Å². The van der Waals surface area contributed by atoms with E-state index in [9.17, 15) is 5.11 Å². The van der Waals surface area contributed by atoms with Crippen LogP contribution in [-0.4, -0.2) is 36.3 Å². The normalized spacial score (nSPS) is 17.3. The van der Waals surface area contributed by atoms with E-state index in [4.69, 9.17) is 4.74 Å². The average molecular weight is 249 g/mol. The van der Waals surface area contributed by atoms with Gasteiger partial charge in [0.05, 0.1) is 0 Å². The Balaban J connectivity index is 2.04. The highest BCUT2D eigenvalue weighted by Gasteiger charge is 2.18. The minimum atomic E-state index is 0.424. The first kappa shape index (κ1) is 13.4. The predicted octanol–water partition coefficient (Wildman–Crippen LogP) is 2.62. The van der Waals surface area contributed by atoms with Gasteiger partial charge in [0.25, 0.3) is 0 Å². The Morgan fingerprint density at radius 3 is 2.33 bits per heavy atom. The SMILES string of the molecule is Cc1cc(CN(C)C2CCOCC2)cc(C)c1O. The molecular weight excluding hydrogens is 226 g/mol. The van der Waals surface area contributed by atoms with Crippen molar-refractivity contribution in [3.05, 3.63) is 28.8 Å². The van der Waals surface area contributed by atoms with E-state index in [0.29, 0.717) is 11.8 Å². The zero-order chi connectivity index (χ0) is 13.1. The molecule has 0 atom stereocenters. The maximum absolute atomic E-state index is 9.78. The van der Waals surface area contributed by atoms with Crippen LogP contribution < -0.4 is 0 Å². The molecule has 100 valence electrons. The van der Waals surface area contributed by atoms with Crippen molar-refractivity contribution in [1.29, 1.82) is 0 Å². The lowest BCUT2D eigenvalue weighted by atomic mass is 10.0. The fraction of sp³-hybridized carbons (Fsp3) is 0.600. The molecule has 0 amide bonds. The molecule has 1 aliphatic rings. The number of hydrogen-bond acceptors (Lipinski definition) is 3. The first-order valence-corrected chi connectivity index (χ1v) is 6.65. The highest BCUT2D eigenvalue weighted by atomic mass is 16.5. The monoisotopic (exact) mass is 249 g/mol. The summed E-state index contributed by atoms with van der Waals surface area (Å²) in [6.45, 7) is 6.61. The van der Waals surface area contributed by atoms with E-state index >= 15 is 0 Å². The van der Waals surface area contributed by atoms with Crippen molar-refractivity contribution in [2.24, 2.45) is 0 Å². The standard InChI is InChI=1S/C15H23NO2/c1-11-8-13(9-12(2)15(11)17)10-16(3)14-4-6-18-7-5-14/h8-9,14,17H,4-7,10H2,1-3H3. The summed E-state index contributed by atoms with van der Waals surface area (Å²) in [6, 6.07) is 4.78. The van der Waals surface area contributed by atoms with Crippen LogP contribution in [0.3, 0.4) is 0 Å². The number of benzene rings is 1. The smallest absolute Gasteiger partial charge is 0.121 e. The van der Waals surface area contributed by atoms with E-state index in [2.05, 4.69) is 24.1 Å². The van der Waals surface area contributed by atoms with Crippen LogP contribution in [-0.2, 0) is 11.3 Å². The minimum Gasteiger partial charge on any atom is -0.507 e. The summed E-state index contributed by atoms with van der Waals surface area (Å²) >= 11 is 0. The van der Waals surface area contributed by atoms with Gasteiger partial charge in [-0.3, -0.25) is 4.90 Å². The van der Waals surface area contributed by atoms with Crippen molar-refractivity contribution in [2.45, 2.75) is 39.3 Å². The Morgan fingerprint density at radius 2 is 1.78 bits per heavy atom. The molecule has 1 aromatic rings. The van der Waals surface area contributed by atoms with E-state index in [0.717, 1.165) is 43.7 Å². The van der Waals surface area contributed by atoms with Crippen LogP contribution in [0.2, 0.25) is 0 Å². The van der Waals surface area contributed by atoms with Crippen molar-refractivity contribution in [2.75, 3.05) is 20.3 Å². The molecule has 0 unspecified atom stereocenters. The van der Waals surface area contributed by atoms with Gasteiger partial charge in [-0.25, -0.2) is 0 Å². The van der Waals surface area contributed by atoms with Crippen molar-refractivity contribution >= 4 is 0 Å². The summed E-state index contributed by atoms with van der Waals surface area (Å²) in [5, 5.41) is 9.78. The van der Waals surface area contributed by atoms with Gasteiger partial charge in [-0.1, -0.05) is 12.1 Å². The van der Waals surface area contributed by atoms with Crippen molar-refractivity contribution in [3.8, 4) is 5.75 Å². The third-order valence-electron chi connectivity index (χ3n) is 3.80. The van der Waals surface area contributed by atoms with E-state index in [1.54, 1.807) is 0 Å². The highest BCUT2D eigenvalue weighted by Crippen LogP contribution is 2.24.